The van der Waals surface area contributed by atoms with Gasteiger partial charge in [0.05, 0.1) is 0 Å². The van der Waals surface area contributed by atoms with Gasteiger partial charge in [0.2, 0.25) is 0 Å². The third-order valence-electron chi connectivity index (χ3n) is 5.16. The van der Waals surface area contributed by atoms with Crippen molar-refractivity contribution in [2.45, 2.75) is 31.3 Å². The minimum atomic E-state index is 0.330. The average molecular weight is 359 g/mol. The standard InChI is InChI=1S/C21H27ClN2O/c1-3-17-14-24(19-9-11-23-12-10-19)20(15-25-21(17)4-2)13-16-5-7-18(22)8-6-16/h3-8,19-20,23H,1-2,9-15H2/t20-/m0/s1. The zero-order chi connectivity index (χ0) is 17.6. The lowest BCUT2D eigenvalue weighted by atomic mass is 9.98. The molecule has 4 heteroatoms. The van der Waals surface area contributed by atoms with Crippen molar-refractivity contribution < 1.29 is 4.74 Å². The lowest BCUT2D eigenvalue weighted by Crippen LogP contribution is -2.50. The van der Waals surface area contributed by atoms with Crippen LogP contribution in [0.15, 0.2) is 60.9 Å². The predicted octanol–water partition coefficient (Wildman–Crippen LogP) is 3.96. The number of hydrogen-bond acceptors (Lipinski definition) is 3. The fourth-order valence-corrected chi connectivity index (χ4v) is 3.89. The number of piperidine rings is 1. The van der Waals surface area contributed by atoms with Gasteiger partial charge in [-0.3, -0.25) is 4.90 Å². The van der Waals surface area contributed by atoms with Crippen molar-refractivity contribution in [1.82, 2.24) is 10.2 Å². The molecule has 2 aliphatic rings. The molecule has 3 nitrogen and oxygen atoms in total. The molecule has 1 fully saturated rings. The molecule has 0 amide bonds. The third-order valence-corrected chi connectivity index (χ3v) is 5.42. The van der Waals surface area contributed by atoms with Crippen LogP contribution in [-0.4, -0.2) is 43.2 Å². The first-order valence-electron chi connectivity index (χ1n) is 9.03. The Morgan fingerprint density at radius 3 is 2.52 bits per heavy atom. The van der Waals surface area contributed by atoms with E-state index in [0.29, 0.717) is 18.7 Å². The van der Waals surface area contributed by atoms with Crippen molar-refractivity contribution in [3.8, 4) is 0 Å². The van der Waals surface area contributed by atoms with Gasteiger partial charge in [0.1, 0.15) is 12.4 Å². The number of hydrogen-bond donors (Lipinski definition) is 1. The fraction of sp³-hybridized carbons (Fsp3) is 0.429. The Labute approximate surface area is 156 Å². The fourth-order valence-electron chi connectivity index (χ4n) is 3.77. The van der Waals surface area contributed by atoms with Gasteiger partial charge in [-0.15, -0.1) is 0 Å². The summed E-state index contributed by atoms with van der Waals surface area (Å²) < 4.78 is 6.09. The first-order valence-corrected chi connectivity index (χ1v) is 9.40. The van der Waals surface area contributed by atoms with Crippen LogP contribution in [0.4, 0.5) is 0 Å². The summed E-state index contributed by atoms with van der Waals surface area (Å²) in [6, 6.07) is 9.06. The van der Waals surface area contributed by atoms with Crippen LogP contribution >= 0.6 is 11.6 Å². The van der Waals surface area contributed by atoms with Crippen LogP contribution in [0, 0.1) is 0 Å². The molecular weight excluding hydrogens is 332 g/mol. The van der Waals surface area contributed by atoms with Crippen molar-refractivity contribution in [3.05, 3.63) is 71.5 Å². The summed E-state index contributed by atoms with van der Waals surface area (Å²) in [5, 5.41) is 4.24. The number of allylic oxidation sites excluding steroid dienone is 1. The number of benzene rings is 1. The summed E-state index contributed by atoms with van der Waals surface area (Å²) in [5.41, 5.74) is 2.42. The number of rotatable bonds is 5. The van der Waals surface area contributed by atoms with E-state index in [4.69, 9.17) is 16.3 Å². The summed E-state index contributed by atoms with van der Waals surface area (Å²) >= 11 is 6.04. The minimum Gasteiger partial charge on any atom is -0.492 e. The SMILES string of the molecule is C=CC1=C(C=C)OC[C@H](Cc2ccc(Cl)cc2)N(C2CCNCC2)C1. The number of nitrogens with zero attached hydrogens (tertiary/aromatic N) is 1. The smallest absolute Gasteiger partial charge is 0.123 e. The zero-order valence-electron chi connectivity index (χ0n) is 14.7. The first kappa shape index (κ1) is 18.2. The van der Waals surface area contributed by atoms with E-state index in [-0.39, 0.29) is 0 Å². The van der Waals surface area contributed by atoms with Crippen LogP contribution in [0.2, 0.25) is 5.02 Å². The van der Waals surface area contributed by atoms with Crippen LogP contribution < -0.4 is 5.32 Å². The first-order chi connectivity index (χ1) is 12.2. The summed E-state index contributed by atoms with van der Waals surface area (Å²) in [6.07, 6.45) is 7.02. The summed E-state index contributed by atoms with van der Waals surface area (Å²) in [6.45, 7) is 11.6. The van der Waals surface area contributed by atoms with Crippen LogP contribution in [0.3, 0.4) is 0 Å². The Balaban J connectivity index is 1.84. The highest BCUT2D eigenvalue weighted by molar-refractivity contribution is 6.30. The minimum absolute atomic E-state index is 0.330. The average Bonchev–Trinajstić information content (AvgIpc) is 2.83. The van der Waals surface area contributed by atoms with Gasteiger partial charge in [0.25, 0.3) is 0 Å². The molecule has 0 spiro atoms. The molecule has 0 aliphatic carbocycles. The second-order valence-electron chi connectivity index (χ2n) is 6.75. The maximum absolute atomic E-state index is 6.09. The number of ether oxygens (including phenoxy) is 1. The molecule has 0 radical (unpaired) electrons. The molecule has 3 rings (SSSR count). The van der Waals surface area contributed by atoms with Gasteiger partial charge in [-0.05, 0) is 56.1 Å². The normalized spacial score (nSPS) is 23.0. The molecule has 2 heterocycles. The van der Waals surface area contributed by atoms with Crippen LogP contribution in [0.25, 0.3) is 0 Å². The van der Waals surface area contributed by atoms with Crippen molar-refractivity contribution in [3.63, 3.8) is 0 Å². The Hall–Kier alpha value is -1.55. The van der Waals surface area contributed by atoms with Crippen LogP contribution in [0.1, 0.15) is 18.4 Å². The van der Waals surface area contributed by atoms with E-state index in [9.17, 15) is 0 Å². The van der Waals surface area contributed by atoms with Gasteiger partial charge >= 0.3 is 0 Å². The predicted molar refractivity (Wildman–Crippen MR) is 105 cm³/mol. The molecule has 1 aromatic carbocycles. The van der Waals surface area contributed by atoms with Gasteiger partial charge in [-0.1, -0.05) is 43.0 Å². The highest BCUT2D eigenvalue weighted by Crippen LogP contribution is 2.26. The molecule has 0 unspecified atom stereocenters. The third kappa shape index (κ3) is 4.55. The molecule has 0 aromatic heterocycles. The molecule has 25 heavy (non-hydrogen) atoms. The van der Waals surface area contributed by atoms with E-state index in [0.717, 1.165) is 42.4 Å². The molecule has 1 atom stereocenters. The molecule has 0 saturated carbocycles. The Morgan fingerprint density at radius 2 is 1.88 bits per heavy atom. The maximum Gasteiger partial charge on any atom is 0.123 e. The van der Waals surface area contributed by atoms with E-state index >= 15 is 0 Å². The highest BCUT2D eigenvalue weighted by Gasteiger charge is 2.31. The molecule has 1 N–H and O–H groups in total. The van der Waals surface area contributed by atoms with Crippen molar-refractivity contribution >= 4 is 11.6 Å². The quantitative estimate of drug-likeness (QED) is 0.862. The highest BCUT2D eigenvalue weighted by atomic mass is 35.5. The van der Waals surface area contributed by atoms with E-state index in [1.165, 1.54) is 18.4 Å². The van der Waals surface area contributed by atoms with Crippen LogP contribution in [-0.2, 0) is 11.2 Å². The van der Waals surface area contributed by atoms with Crippen molar-refractivity contribution in [2.24, 2.45) is 0 Å². The van der Waals surface area contributed by atoms with Gasteiger partial charge in [0.15, 0.2) is 0 Å². The zero-order valence-corrected chi connectivity index (χ0v) is 15.5. The number of halogens is 1. The largest absolute Gasteiger partial charge is 0.492 e. The van der Waals surface area contributed by atoms with Gasteiger partial charge in [0, 0.05) is 29.2 Å². The summed E-state index contributed by atoms with van der Waals surface area (Å²) in [7, 11) is 0. The molecule has 134 valence electrons. The monoisotopic (exact) mass is 358 g/mol. The molecule has 2 aliphatic heterocycles. The van der Waals surface area contributed by atoms with Gasteiger partial charge in [-0.25, -0.2) is 0 Å². The molecule has 0 bridgehead atoms. The number of nitrogens with one attached hydrogen (secondary N) is 1. The van der Waals surface area contributed by atoms with E-state index in [1.807, 2.05) is 24.3 Å². The van der Waals surface area contributed by atoms with Crippen molar-refractivity contribution in [1.29, 1.82) is 0 Å². The molecule has 1 aromatic rings. The maximum atomic E-state index is 6.09. The Kier molecular flexibility index (Phi) is 6.35. The summed E-state index contributed by atoms with van der Waals surface area (Å²) in [4.78, 5) is 2.61. The second-order valence-corrected chi connectivity index (χ2v) is 7.18. The Bertz CT molecular complexity index is 632. The van der Waals surface area contributed by atoms with E-state index < -0.39 is 0 Å². The van der Waals surface area contributed by atoms with Gasteiger partial charge in [-0.2, -0.15) is 0 Å². The second kappa shape index (κ2) is 8.70. The lowest BCUT2D eigenvalue weighted by Gasteiger charge is -2.39. The molecular formula is C21H27ClN2O. The molecule has 1 saturated heterocycles. The van der Waals surface area contributed by atoms with E-state index in [2.05, 4.69) is 35.5 Å². The lowest BCUT2D eigenvalue weighted by molar-refractivity contribution is 0.0783. The topological polar surface area (TPSA) is 24.5 Å². The van der Waals surface area contributed by atoms with Gasteiger partial charge < -0.3 is 10.1 Å². The van der Waals surface area contributed by atoms with E-state index in [1.54, 1.807) is 0 Å². The Morgan fingerprint density at radius 1 is 1.16 bits per heavy atom. The summed E-state index contributed by atoms with van der Waals surface area (Å²) in [5.74, 6) is 0.868. The van der Waals surface area contributed by atoms with Crippen molar-refractivity contribution in [2.75, 3.05) is 26.2 Å². The van der Waals surface area contributed by atoms with Crippen LogP contribution in [0.5, 0.6) is 0 Å².